The van der Waals surface area contributed by atoms with Crippen molar-refractivity contribution in [3.05, 3.63) is 30.1 Å². The van der Waals surface area contributed by atoms with E-state index in [2.05, 4.69) is 9.88 Å². The molecule has 2 heterocycles. The first-order valence-corrected chi connectivity index (χ1v) is 7.15. The second-order valence-corrected chi connectivity index (χ2v) is 5.32. The Bertz CT molecular complexity index is 615. The summed E-state index contributed by atoms with van der Waals surface area (Å²) >= 11 is 0. The zero-order valence-corrected chi connectivity index (χ0v) is 11.5. The standard InChI is InChI=1S/C15H19N3O2/c19-15(20)12-5-4-6-13-14(12)18(11-16-13)10-9-17-7-2-1-3-8-17/h4-6,11H,1-3,7-10H2,(H,19,20). The number of carbonyl (C=O) groups is 1. The summed E-state index contributed by atoms with van der Waals surface area (Å²) in [5.74, 6) is -0.893. The molecule has 1 fully saturated rings. The van der Waals surface area contributed by atoms with Gasteiger partial charge in [-0.25, -0.2) is 9.78 Å². The molecule has 0 radical (unpaired) electrons. The van der Waals surface area contributed by atoms with Gasteiger partial charge in [0.15, 0.2) is 0 Å². The molecular formula is C15H19N3O2. The summed E-state index contributed by atoms with van der Waals surface area (Å²) in [5.41, 5.74) is 1.82. The van der Waals surface area contributed by atoms with Crippen LogP contribution in [0.25, 0.3) is 11.0 Å². The number of nitrogens with zero attached hydrogens (tertiary/aromatic N) is 3. The van der Waals surface area contributed by atoms with Gasteiger partial charge in [0.25, 0.3) is 0 Å². The lowest BCUT2D eigenvalue weighted by atomic mass is 10.1. The van der Waals surface area contributed by atoms with Crippen molar-refractivity contribution < 1.29 is 9.90 Å². The average Bonchev–Trinajstić information content (AvgIpc) is 2.89. The van der Waals surface area contributed by atoms with E-state index in [1.807, 2.05) is 10.6 Å². The maximum absolute atomic E-state index is 11.3. The summed E-state index contributed by atoms with van der Waals surface area (Å²) in [6, 6.07) is 5.25. The number of carboxylic acid groups (broad SMARTS) is 1. The maximum atomic E-state index is 11.3. The fraction of sp³-hybridized carbons (Fsp3) is 0.467. The van der Waals surface area contributed by atoms with Gasteiger partial charge < -0.3 is 14.6 Å². The summed E-state index contributed by atoms with van der Waals surface area (Å²) in [5, 5.41) is 9.29. The van der Waals surface area contributed by atoms with Crippen molar-refractivity contribution in [3.63, 3.8) is 0 Å². The van der Waals surface area contributed by atoms with Gasteiger partial charge in [0.05, 0.1) is 22.9 Å². The van der Waals surface area contributed by atoms with Crippen molar-refractivity contribution in [1.82, 2.24) is 14.5 Å². The molecule has 0 bridgehead atoms. The number of para-hydroxylation sites is 1. The molecule has 1 aromatic heterocycles. The number of hydrogen-bond donors (Lipinski definition) is 1. The number of hydrogen-bond acceptors (Lipinski definition) is 3. The number of imidazole rings is 1. The minimum absolute atomic E-state index is 0.332. The number of aromatic nitrogens is 2. The molecule has 1 saturated heterocycles. The lowest BCUT2D eigenvalue weighted by Gasteiger charge is -2.26. The van der Waals surface area contributed by atoms with E-state index < -0.39 is 5.97 Å². The second-order valence-electron chi connectivity index (χ2n) is 5.32. The number of benzene rings is 1. The van der Waals surface area contributed by atoms with Crippen LogP contribution in [0.5, 0.6) is 0 Å². The molecule has 106 valence electrons. The largest absolute Gasteiger partial charge is 0.478 e. The Morgan fingerprint density at radius 1 is 1.20 bits per heavy atom. The molecular weight excluding hydrogens is 254 g/mol. The van der Waals surface area contributed by atoms with E-state index in [1.165, 1.54) is 19.3 Å². The summed E-state index contributed by atoms with van der Waals surface area (Å²) in [6.45, 7) is 4.05. The van der Waals surface area contributed by atoms with Crippen molar-refractivity contribution in [2.24, 2.45) is 0 Å². The minimum atomic E-state index is -0.893. The summed E-state index contributed by atoms with van der Waals surface area (Å²) in [4.78, 5) is 18.1. The summed E-state index contributed by atoms with van der Waals surface area (Å²) < 4.78 is 1.97. The van der Waals surface area contributed by atoms with Crippen molar-refractivity contribution in [2.75, 3.05) is 19.6 Å². The highest BCUT2D eigenvalue weighted by molar-refractivity contribution is 6.01. The van der Waals surface area contributed by atoms with Crippen LogP contribution < -0.4 is 0 Å². The van der Waals surface area contributed by atoms with Crippen molar-refractivity contribution in [1.29, 1.82) is 0 Å². The van der Waals surface area contributed by atoms with Gasteiger partial charge in [-0.05, 0) is 38.1 Å². The number of rotatable bonds is 4. The molecule has 5 heteroatoms. The third-order valence-electron chi connectivity index (χ3n) is 3.97. The molecule has 5 nitrogen and oxygen atoms in total. The molecule has 0 spiro atoms. The Balaban J connectivity index is 1.82. The third-order valence-corrected chi connectivity index (χ3v) is 3.97. The lowest BCUT2D eigenvalue weighted by Crippen LogP contribution is -2.32. The molecule has 3 rings (SSSR count). The van der Waals surface area contributed by atoms with Crippen LogP contribution in [0.1, 0.15) is 29.6 Å². The second kappa shape index (κ2) is 5.63. The van der Waals surface area contributed by atoms with E-state index in [4.69, 9.17) is 0 Å². The Morgan fingerprint density at radius 2 is 2.00 bits per heavy atom. The molecule has 1 aromatic carbocycles. The smallest absolute Gasteiger partial charge is 0.337 e. The first kappa shape index (κ1) is 13.1. The van der Waals surface area contributed by atoms with Gasteiger partial charge in [-0.2, -0.15) is 0 Å². The minimum Gasteiger partial charge on any atom is -0.478 e. The van der Waals surface area contributed by atoms with E-state index in [-0.39, 0.29) is 0 Å². The number of piperidine rings is 1. The Labute approximate surface area is 117 Å². The van der Waals surface area contributed by atoms with E-state index in [0.29, 0.717) is 5.56 Å². The van der Waals surface area contributed by atoms with Gasteiger partial charge in [0, 0.05) is 13.1 Å². The number of likely N-dealkylation sites (tertiary alicyclic amines) is 1. The molecule has 1 N–H and O–H groups in total. The quantitative estimate of drug-likeness (QED) is 0.928. The van der Waals surface area contributed by atoms with Crippen molar-refractivity contribution in [3.8, 4) is 0 Å². The fourth-order valence-corrected chi connectivity index (χ4v) is 2.90. The van der Waals surface area contributed by atoms with Crippen molar-refractivity contribution in [2.45, 2.75) is 25.8 Å². The molecule has 0 aliphatic carbocycles. The van der Waals surface area contributed by atoms with Crippen LogP contribution in [0.15, 0.2) is 24.5 Å². The predicted octanol–water partition coefficient (Wildman–Crippen LogP) is 2.22. The van der Waals surface area contributed by atoms with Crippen LogP contribution in [0, 0.1) is 0 Å². The molecule has 0 atom stereocenters. The highest BCUT2D eigenvalue weighted by Gasteiger charge is 2.14. The highest BCUT2D eigenvalue weighted by Crippen LogP contribution is 2.18. The average molecular weight is 273 g/mol. The van der Waals surface area contributed by atoms with Crippen LogP contribution in [0.2, 0.25) is 0 Å². The van der Waals surface area contributed by atoms with Crippen LogP contribution in [-0.4, -0.2) is 45.2 Å². The number of aromatic carboxylic acids is 1. The number of fused-ring (bicyclic) bond motifs is 1. The Morgan fingerprint density at radius 3 is 2.75 bits per heavy atom. The van der Waals surface area contributed by atoms with Crippen LogP contribution in [-0.2, 0) is 6.54 Å². The Kier molecular flexibility index (Phi) is 3.69. The normalized spacial score (nSPS) is 16.6. The molecule has 0 unspecified atom stereocenters. The first-order valence-electron chi connectivity index (χ1n) is 7.15. The van der Waals surface area contributed by atoms with Crippen molar-refractivity contribution >= 4 is 17.0 Å². The molecule has 0 amide bonds. The monoisotopic (exact) mass is 273 g/mol. The zero-order chi connectivity index (χ0) is 13.9. The molecule has 2 aromatic rings. The number of carboxylic acids is 1. The van der Waals surface area contributed by atoms with Crippen LogP contribution in [0.3, 0.4) is 0 Å². The zero-order valence-electron chi connectivity index (χ0n) is 11.5. The topological polar surface area (TPSA) is 58.4 Å². The van der Waals surface area contributed by atoms with Gasteiger partial charge in [-0.3, -0.25) is 0 Å². The van der Waals surface area contributed by atoms with E-state index in [0.717, 1.165) is 37.2 Å². The molecule has 0 saturated carbocycles. The van der Waals surface area contributed by atoms with Gasteiger partial charge >= 0.3 is 5.97 Å². The highest BCUT2D eigenvalue weighted by atomic mass is 16.4. The molecule has 1 aliphatic rings. The molecule has 20 heavy (non-hydrogen) atoms. The maximum Gasteiger partial charge on any atom is 0.337 e. The fourth-order valence-electron chi connectivity index (χ4n) is 2.90. The third kappa shape index (κ3) is 2.54. The van der Waals surface area contributed by atoms with E-state index in [9.17, 15) is 9.90 Å². The summed E-state index contributed by atoms with van der Waals surface area (Å²) in [6.07, 6.45) is 5.62. The van der Waals surface area contributed by atoms with E-state index in [1.54, 1.807) is 18.5 Å². The molecule has 1 aliphatic heterocycles. The van der Waals surface area contributed by atoms with Gasteiger partial charge in [-0.15, -0.1) is 0 Å². The summed E-state index contributed by atoms with van der Waals surface area (Å²) in [7, 11) is 0. The van der Waals surface area contributed by atoms with Crippen LogP contribution in [0.4, 0.5) is 0 Å². The van der Waals surface area contributed by atoms with Crippen LogP contribution >= 0.6 is 0 Å². The SMILES string of the molecule is O=C(O)c1cccc2ncn(CCN3CCCCC3)c12. The Hall–Kier alpha value is -1.88. The van der Waals surface area contributed by atoms with Gasteiger partial charge in [0.1, 0.15) is 0 Å². The van der Waals surface area contributed by atoms with Gasteiger partial charge in [0.2, 0.25) is 0 Å². The predicted molar refractivity (Wildman–Crippen MR) is 77.0 cm³/mol. The lowest BCUT2D eigenvalue weighted by molar-refractivity contribution is 0.0698. The van der Waals surface area contributed by atoms with Gasteiger partial charge in [-0.1, -0.05) is 12.5 Å². The first-order chi connectivity index (χ1) is 9.75. The van der Waals surface area contributed by atoms with E-state index >= 15 is 0 Å².